The lowest BCUT2D eigenvalue weighted by atomic mass is 10.1. The predicted octanol–water partition coefficient (Wildman–Crippen LogP) is 2.59. The van der Waals surface area contributed by atoms with Crippen molar-refractivity contribution in [3.05, 3.63) is 23.5 Å². The molecule has 0 spiro atoms. The summed E-state index contributed by atoms with van der Waals surface area (Å²) in [6.45, 7) is 14.8. The van der Waals surface area contributed by atoms with Crippen LogP contribution in [-0.2, 0) is 14.3 Å². The maximum absolute atomic E-state index is 12.2. The van der Waals surface area contributed by atoms with Crippen LogP contribution in [0.3, 0.4) is 0 Å². The summed E-state index contributed by atoms with van der Waals surface area (Å²) in [6, 6.07) is 0.129. The van der Waals surface area contributed by atoms with Crippen molar-refractivity contribution < 1.29 is 19.1 Å². The van der Waals surface area contributed by atoms with E-state index in [1.165, 1.54) is 7.11 Å². The molecule has 0 saturated carbocycles. The molecule has 1 saturated heterocycles. The fraction of sp³-hybridized carbons (Fsp3) is 0.611. The van der Waals surface area contributed by atoms with Gasteiger partial charge in [0.15, 0.2) is 0 Å². The summed E-state index contributed by atoms with van der Waals surface area (Å²) < 4.78 is 10.1. The Bertz CT molecular complexity index is 575. The molecule has 7 nitrogen and oxygen atoms in total. The molecule has 1 fully saturated rings. The lowest BCUT2D eigenvalue weighted by Gasteiger charge is -2.41. The van der Waals surface area contributed by atoms with Gasteiger partial charge in [0, 0.05) is 31.4 Å². The van der Waals surface area contributed by atoms with Crippen molar-refractivity contribution in [1.82, 2.24) is 9.80 Å². The number of carbonyl (C=O) groups is 2. The van der Waals surface area contributed by atoms with Gasteiger partial charge in [-0.15, -0.1) is 0 Å². The first-order valence-corrected chi connectivity index (χ1v) is 8.27. The molecule has 0 radical (unpaired) electrons. The van der Waals surface area contributed by atoms with Crippen LogP contribution in [0.15, 0.2) is 28.5 Å². The molecule has 0 aliphatic carbocycles. The minimum atomic E-state index is -0.526. The van der Waals surface area contributed by atoms with Gasteiger partial charge in [0.05, 0.1) is 7.11 Å². The first-order valence-electron chi connectivity index (χ1n) is 8.27. The van der Waals surface area contributed by atoms with Crippen LogP contribution in [0.1, 0.15) is 34.6 Å². The summed E-state index contributed by atoms with van der Waals surface area (Å²) in [5.41, 5.74) is 0.628. The second-order valence-corrected chi connectivity index (χ2v) is 6.98. The molecule has 7 heteroatoms. The van der Waals surface area contributed by atoms with Crippen LogP contribution < -0.4 is 0 Å². The van der Waals surface area contributed by atoms with E-state index in [9.17, 15) is 9.59 Å². The Kier molecular flexibility index (Phi) is 7.21. The first-order chi connectivity index (χ1) is 11.6. The van der Waals surface area contributed by atoms with Gasteiger partial charge in [0.1, 0.15) is 11.3 Å². The lowest BCUT2D eigenvalue weighted by Crippen LogP contribution is -2.53. The summed E-state index contributed by atoms with van der Waals surface area (Å²) >= 11 is 0. The fourth-order valence-electron chi connectivity index (χ4n) is 2.56. The number of hydrogen-bond acceptors (Lipinski definition) is 6. The second kappa shape index (κ2) is 8.69. The average Bonchev–Trinajstić information content (AvgIpc) is 2.53. The molecular formula is C18H29N3O4. The van der Waals surface area contributed by atoms with E-state index in [0.29, 0.717) is 19.6 Å². The van der Waals surface area contributed by atoms with Crippen LogP contribution in [-0.4, -0.2) is 67.0 Å². The van der Waals surface area contributed by atoms with E-state index < -0.39 is 11.6 Å². The number of aliphatic imine (C=N–C) groups is 1. The minimum Gasteiger partial charge on any atom is -0.464 e. The highest BCUT2D eigenvalue weighted by atomic mass is 16.6. The number of nitrogens with zero attached hydrogens (tertiary/aromatic N) is 3. The van der Waals surface area contributed by atoms with Gasteiger partial charge < -0.3 is 19.3 Å². The quantitative estimate of drug-likeness (QED) is 0.337. The predicted molar refractivity (Wildman–Crippen MR) is 97.4 cm³/mol. The Labute approximate surface area is 150 Å². The molecule has 1 atom stereocenters. The highest BCUT2D eigenvalue weighted by molar-refractivity contribution is 5.89. The lowest BCUT2D eigenvalue weighted by molar-refractivity contribution is -0.136. The number of methoxy groups -OCH3 is 1. The van der Waals surface area contributed by atoms with Crippen LogP contribution in [0.2, 0.25) is 0 Å². The second-order valence-electron chi connectivity index (χ2n) is 6.98. The topological polar surface area (TPSA) is 71.4 Å². The van der Waals surface area contributed by atoms with E-state index in [-0.39, 0.29) is 17.8 Å². The third-order valence-corrected chi connectivity index (χ3v) is 3.78. The average molecular weight is 351 g/mol. The summed E-state index contributed by atoms with van der Waals surface area (Å²) in [5.74, 6) is -0.526. The summed E-state index contributed by atoms with van der Waals surface area (Å²) in [7, 11) is 1.30. The standard InChI is InChI=1S/C18H29N3O4/c1-13(8-9-15(19-6)16(22)24-7)21-11-10-20(12-14(21)2)17(23)25-18(3,4)5/h8-9,14H,6,10-12H2,1-5,7H3/b13-8+,15-9-/t14-/m1/s1. The number of piperazine rings is 1. The van der Waals surface area contributed by atoms with E-state index in [1.807, 2.05) is 34.6 Å². The molecule has 25 heavy (non-hydrogen) atoms. The largest absolute Gasteiger partial charge is 0.464 e. The molecular weight excluding hydrogens is 322 g/mol. The van der Waals surface area contributed by atoms with Gasteiger partial charge in [-0.2, -0.15) is 0 Å². The molecule has 1 amide bonds. The number of esters is 1. The summed E-state index contributed by atoms with van der Waals surface area (Å²) in [6.07, 6.45) is 3.10. The van der Waals surface area contributed by atoms with E-state index in [4.69, 9.17) is 4.74 Å². The number of amides is 1. The zero-order chi connectivity index (χ0) is 19.2. The van der Waals surface area contributed by atoms with Gasteiger partial charge in [-0.25, -0.2) is 9.59 Å². The van der Waals surface area contributed by atoms with Gasteiger partial charge in [0.25, 0.3) is 0 Å². The smallest absolute Gasteiger partial charge is 0.410 e. The van der Waals surface area contributed by atoms with Crippen molar-refractivity contribution in [2.45, 2.75) is 46.3 Å². The van der Waals surface area contributed by atoms with E-state index >= 15 is 0 Å². The number of carbonyl (C=O) groups excluding carboxylic acids is 2. The highest BCUT2D eigenvalue weighted by Crippen LogP contribution is 2.18. The normalized spacial score (nSPS) is 19.5. The van der Waals surface area contributed by atoms with Gasteiger partial charge in [-0.05, 0) is 53.5 Å². The van der Waals surface area contributed by atoms with Gasteiger partial charge >= 0.3 is 12.1 Å². The van der Waals surface area contributed by atoms with Crippen molar-refractivity contribution in [3.8, 4) is 0 Å². The number of rotatable bonds is 4. The van der Waals surface area contributed by atoms with Crippen molar-refractivity contribution in [2.24, 2.45) is 4.99 Å². The Morgan fingerprint density at radius 2 is 1.88 bits per heavy atom. The SMILES string of the molecule is C=N/C(=C\C=C(/C)N1CCN(C(=O)OC(C)(C)C)C[C@H]1C)C(=O)OC. The number of allylic oxidation sites excluding steroid dienone is 3. The molecule has 0 aromatic carbocycles. The van der Waals surface area contributed by atoms with Crippen molar-refractivity contribution in [2.75, 3.05) is 26.7 Å². The van der Waals surface area contributed by atoms with Crippen LogP contribution in [0.5, 0.6) is 0 Å². The molecule has 0 aromatic heterocycles. The van der Waals surface area contributed by atoms with Crippen molar-refractivity contribution in [3.63, 3.8) is 0 Å². The van der Waals surface area contributed by atoms with Crippen LogP contribution in [0.25, 0.3) is 0 Å². The zero-order valence-corrected chi connectivity index (χ0v) is 16.0. The molecule has 0 unspecified atom stereocenters. The van der Waals surface area contributed by atoms with Gasteiger partial charge in [-0.3, -0.25) is 4.99 Å². The molecule has 1 aliphatic heterocycles. The molecule has 1 heterocycles. The van der Waals surface area contributed by atoms with Gasteiger partial charge in [-0.1, -0.05) is 0 Å². The van der Waals surface area contributed by atoms with Gasteiger partial charge in [0.2, 0.25) is 0 Å². The number of ether oxygens (including phenoxy) is 2. The number of hydrogen-bond donors (Lipinski definition) is 0. The Morgan fingerprint density at radius 3 is 2.36 bits per heavy atom. The Hall–Kier alpha value is -2.31. The van der Waals surface area contributed by atoms with Crippen molar-refractivity contribution >= 4 is 18.8 Å². The third-order valence-electron chi connectivity index (χ3n) is 3.78. The maximum atomic E-state index is 12.2. The monoisotopic (exact) mass is 351 g/mol. The summed E-state index contributed by atoms with van der Waals surface area (Å²) in [4.78, 5) is 31.3. The molecule has 0 bridgehead atoms. The van der Waals surface area contributed by atoms with E-state index in [2.05, 4.69) is 21.3 Å². The highest BCUT2D eigenvalue weighted by Gasteiger charge is 2.29. The minimum absolute atomic E-state index is 0.129. The zero-order valence-electron chi connectivity index (χ0n) is 16.0. The third kappa shape index (κ3) is 6.25. The Morgan fingerprint density at radius 1 is 1.24 bits per heavy atom. The van der Waals surface area contributed by atoms with Crippen molar-refractivity contribution in [1.29, 1.82) is 0 Å². The molecule has 0 N–H and O–H groups in total. The van der Waals surface area contributed by atoms with Crippen LogP contribution in [0.4, 0.5) is 4.79 Å². The van der Waals surface area contributed by atoms with E-state index in [1.54, 1.807) is 17.1 Å². The summed E-state index contributed by atoms with van der Waals surface area (Å²) in [5, 5.41) is 0. The molecule has 140 valence electrons. The molecule has 1 aliphatic rings. The fourth-order valence-corrected chi connectivity index (χ4v) is 2.56. The molecule has 1 rings (SSSR count). The van der Waals surface area contributed by atoms with Crippen LogP contribution in [0, 0.1) is 0 Å². The molecule has 0 aromatic rings. The maximum Gasteiger partial charge on any atom is 0.410 e. The van der Waals surface area contributed by atoms with Crippen LogP contribution >= 0.6 is 0 Å². The van der Waals surface area contributed by atoms with E-state index in [0.717, 1.165) is 5.70 Å². The first kappa shape index (κ1) is 20.7. The Balaban J connectivity index is 2.75.